The fourth-order valence-electron chi connectivity index (χ4n) is 0.494. The molecule has 11 heavy (non-hydrogen) atoms. The van der Waals surface area contributed by atoms with Crippen molar-refractivity contribution < 1.29 is 4.79 Å². The molecule has 1 rings (SSSR count). The van der Waals surface area contributed by atoms with E-state index in [9.17, 15) is 4.79 Å². The van der Waals surface area contributed by atoms with Crippen molar-refractivity contribution in [3.05, 3.63) is 21.8 Å². The smallest absolute Gasteiger partial charge is 0.287 e. The SMILES string of the molecule is NNC(=O)c1ncc(I)cn1. The zero-order chi connectivity index (χ0) is 8.27. The Labute approximate surface area is 76.5 Å². The molecular formula is C5H5IN4O. The van der Waals surface area contributed by atoms with E-state index in [0.29, 0.717) is 0 Å². The number of hydrazine groups is 1. The van der Waals surface area contributed by atoms with Crippen LogP contribution in [0.5, 0.6) is 0 Å². The summed E-state index contributed by atoms with van der Waals surface area (Å²) in [6.07, 6.45) is 3.08. The first-order chi connectivity index (χ1) is 5.24. The fraction of sp³-hybridized carbons (Fsp3) is 0. The minimum absolute atomic E-state index is 0.0768. The van der Waals surface area contributed by atoms with Crippen molar-refractivity contribution in [1.29, 1.82) is 0 Å². The molecule has 1 aromatic heterocycles. The van der Waals surface area contributed by atoms with Crippen LogP contribution in [0, 0.1) is 3.57 Å². The fourth-order valence-corrected chi connectivity index (χ4v) is 0.773. The standard InChI is InChI=1S/C5H5IN4O/c6-3-1-8-4(9-2-3)5(11)10-7/h1-2H,7H2,(H,10,11). The maximum atomic E-state index is 10.8. The molecule has 1 aromatic rings. The van der Waals surface area contributed by atoms with Crippen LogP contribution < -0.4 is 11.3 Å². The number of nitrogens with zero attached hydrogens (tertiary/aromatic N) is 2. The molecule has 0 aliphatic rings. The van der Waals surface area contributed by atoms with E-state index in [-0.39, 0.29) is 5.82 Å². The van der Waals surface area contributed by atoms with Crippen molar-refractivity contribution in [3.63, 3.8) is 0 Å². The van der Waals surface area contributed by atoms with Gasteiger partial charge < -0.3 is 0 Å². The summed E-state index contributed by atoms with van der Waals surface area (Å²) in [7, 11) is 0. The maximum absolute atomic E-state index is 10.8. The lowest BCUT2D eigenvalue weighted by molar-refractivity contribution is 0.0943. The summed E-state index contributed by atoms with van der Waals surface area (Å²) in [5.41, 5.74) is 1.93. The van der Waals surface area contributed by atoms with Crippen molar-refractivity contribution >= 4 is 28.5 Å². The number of rotatable bonds is 1. The van der Waals surface area contributed by atoms with E-state index < -0.39 is 5.91 Å². The number of halogens is 1. The third kappa shape index (κ3) is 2.09. The molecule has 3 N–H and O–H groups in total. The van der Waals surface area contributed by atoms with Gasteiger partial charge in [0.25, 0.3) is 0 Å². The monoisotopic (exact) mass is 264 g/mol. The number of aromatic nitrogens is 2. The van der Waals surface area contributed by atoms with Crippen LogP contribution >= 0.6 is 22.6 Å². The summed E-state index contributed by atoms with van der Waals surface area (Å²) in [4.78, 5) is 18.2. The highest BCUT2D eigenvalue weighted by molar-refractivity contribution is 14.1. The molecule has 0 bridgehead atoms. The van der Waals surface area contributed by atoms with Crippen LogP contribution in [-0.4, -0.2) is 15.9 Å². The van der Waals surface area contributed by atoms with E-state index in [2.05, 4.69) is 9.97 Å². The quantitative estimate of drug-likeness (QED) is 0.315. The Morgan fingerprint density at radius 1 is 1.55 bits per heavy atom. The van der Waals surface area contributed by atoms with Gasteiger partial charge in [-0.1, -0.05) is 0 Å². The number of amides is 1. The number of nitrogen functional groups attached to an aromatic ring is 1. The summed E-state index contributed by atoms with van der Waals surface area (Å²) in [5, 5.41) is 0. The van der Waals surface area contributed by atoms with Crippen molar-refractivity contribution in [1.82, 2.24) is 15.4 Å². The molecule has 1 heterocycles. The number of carbonyl (C=O) groups is 1. The van der Waals surface area contributed by atoms with E-state index in [1.807, 2.05) is 28.0 Å². The Balaban J connectivity index is 2.90. The first kappa shape index (κ1) is 8.34. The molecule has 0 unspecified atom stereocenters. The molecule has 0 saturated heterocycles. The largest absolute Gasteiger partial charge is 0.302 e. The van der Waals surface area contributed by atoms with Crippen molar-refractivity contribution in [2.24, 2.45) is 5.84 Å². The van der Waals surface area contributed by atoms with Gasteiger partial charge in [-0.25, -0.2) is 15.8 Å². The molecule has 0 aromatic carbocycles. The van der Waals surface area contributed by atoms with Crippen molar-refractivity contribution in [2.45, 2.75) is 0 Å². The maximum Gasteiger partial charge on any atom is 0.302 e. The predicted molar refractivity (Wildman–Crippen MR) is 46.4 cm³/mol. The zero-order valence-electron chi connectivity index (χ0n) is 5.41. The van der Waals surface area contributed by atoms with E-state index in [0.717, 1.165) is 3.57 Å². The molecule has 0 saturated carbocycles. The van der Waals surface area contributed by atoms with Gasteiger partial charge in [0.05, 0.1) is 0 Å². The van der Waals surface area contributed by atoms with Crippen LogP contribution in [0.4, 0.5) is 0 Å². The summed E-state index contributed by atoms with van der Waals surface area (Å²) >= 11 is 2.04. The molecule has 0 aliphatic carbocycles. The molecule has 5 nitrogen and oxygen atoms in total. The first-order valence-electron chi connectivity index (χ1n) is 2.72. The van der Waals surface area contributed by atoms with Crippen LogP contribution in [0.3, 0.4) is 0 Å². The molecule has 0 fully saturated rings. The van der Waals surface area contributed by atoms with Gasteiger partial charge in [0.15, 0.2) is 0 Å². The second-order valence-corrected chi connectivity index (χ2v) is 2.94. The Hall–Kier alpha value is -0.760. The third-order valence-electron chi connectivity index (χ3n) is 0.955. The van der Waals surface area contributed by atoms with Crippen molar-refractivity contribution in [2.75, 3.05) is 0 Å². The van der Waals surface area contributed by atoms with Crippen LogP contribution in [0.1, 0.15) is 10.6 Å². The summed E-state index contributed by atoms with van der Waals surface area (Å²) < 4.78 is 0.871. The lowest BCUT2D eigenvalue weighted by Gasteiger charge is -1.95. The van der Waals surface area contributed by atoms with Gasteiger partial charge in [0.2, 0.25) is 5.82 Å². The Bertz CT molecular complexity index is 260. The average Bonchev–Trinajstić information content (AvgIpc) is 2.05. The lowest BCUT2D eigenvalue weighted by Crippen LogP contribution is -2.31. The molecule has 58 valence electrons. The molecule has 6 heteroatoms. The molecule has 0 spiro atoms. The highest BCUT2D eigenvalue weighted by Gasteiger charge is 2.04. The highest BCUT2D eigenvalue weighted by Crippen LogP contribution is 1.98. The Morgan fingerprint density at radius 3 is 2.55 bits per heavy atom. The number of carbonyl (C=O) groups excluding carboxylic acids is 1. The van der Waals surface area contributed by atoms with Crippen molar-refractivity contribution in [3.8, 4) is 0 Å². The molecular weight excluding hydrogens is 259 g/mol. The second kappa shape index (κ2) is 3.58. The van der Waals surface area contributed by atoms with E-state index in [4.69, 9.17) is 5.84 Å². The molecule has 0 radical (unpaired) electrons. The summed E-state index contributed by atoms with van der Waals surface area (Å²) in [6.45, 7) is 0. The molecule has 1 amide bonds. The van der Waals surface area contributed by atoms with E-state index in [1.54, 1.807) is 0 Å². The van der Waals surface area contributed by atoms with Gasteiger partial charge in [-0.15, -0.1) is 0 Å². The number of nitrogens with one attached hydrogen (secondary N) is 1. The third-order valence-corrected chi connectivity index (χ3v) is 1.51. The van der Waals surface area contributed by atoms with Crippen LogP contribution in [-0.2, 0) is 0 Å². The predicted octanol–water partition coefficient (Wildman–Crippen LogP) is -0.315. The topological polar surface area (TPSA) is 80.9 Å². The zero-order valence-corrected chi connectivity index (χ0v) is 7.57. The van der Waals surface area contributed by atoms with Gasteiger partial charge in [0, 0.05) is 16.0 Å². The number of nitrogens with two attached hydrogens (primary N) is 1. The van der Waals surface area contributed by atoms with Gasteiger partial charge in [-0.2, -0.15) is 0 Å². The lowest BCUT2D eigenvalue weighted by atomic mass is 10.5. The average molecular weight is 264 g/mol. The van der Waals surface area contributed by atoms with Gasteiger partial charge in [-0.05, 0) is 22.6 Å². The van der Waals surface area contributed by atoms with Crippen LogP contribution in [0.2, 0.25) is 0 Å². The van der Waals surface area contributed by atoms with E-state index in [1.165, 1.54) is 12.4 Å². The minimum Gasteiger partial charge on any atom is -0.287 e. The summed E-state index contributed by atoms with van der Waals surface area (Å²) in [6, 6.07) is 0. The summed E-state index contributed by atoms with van der Waals surface area (Å²) in [5.74, 6) is 4.45. The van der Waals surface area contributed by atoms with Crippen LogP contribution in [0.25, 0.3) is 0 Å². The van der Waals surface area contributed by atoms with Crippen LogP contribution in [0.15, 0.2) is 12.4 Å². The van der Waals surface area contributed by atoms with Gasteiger partial charge in [-0.3, -0.25) is 10.2 Å². The van der Waals surface area contributed by atoms with Gasteiger partial charge in [0.1, 0.15) is 0 Å². The minimum atomic E-state index is -0.485. The number of hydrogen-bond donors (Lipinski definition) is 2. The second-order valence-electron chi connectivity index (χ2n) is 1.70. The highest BCUT2D eigenvalue weighted by atomic mass is 127. The Kier molecular flexibility index (Phi) is 2.71. The normalized spacial score (nSPS) is 9.27. The molecule has 0 aliphatic heterocycles. The first-order valence-corrected chi connectivity index (χ1v) is 3.80. The molecule has 0 atom stereocenters. The van der Waals surface area contributed by atoms with E-state index >= 15 is 0 Å². The van der Waals surface area contributed by atoms with Gasteiger partial charge >= 0.3 is 5.91 Å². The Morgan fingerprint density at radius 2 is 2.09 bits per heavy atom. The number of hydrogen-bond acceptors (Lipinski definition) is 4.